The third-order valence-electron chi connectivity index (χ3n) is 3.55. The van der Waals surface area contributed by atoms with Gasteiger partial charge in [0.05, 0.1) is 19.1 Å². The lowest BCUT2D eigenvalue weighted by molar-refractivity contribution is -0.139. The molecule has 0 bridgehead atoms. The fourth-order valence-corrected chi connectivity index (χ4v) is 2.19. The molecule has 1 aromatic carbocycles. The summed E-state index contributed by atoms with van der Waals surface area (Å²) < 4.78 is 15.5. The van der Waals surface area contributed by atoms with Crippen molar-refractivity contribution in [2.24, 2.45) is 0 Å². The summed E-state index contributed by atoms with van der Waals surface area (Å²) in [7, 11) is 1.29. The van der Waals surface area contributed by atoms with Gasteiger partial charge in [-0.05, 0) is 44.5 Å². The van der Waals surface area contributed by atoms with Crippen LogP contribution < -0.4 is 10.4 Å². The van der Waals surface area contributed by atoms with E-state index in [-0.39, 0.29) is 6.42 Å². The zero-order valence-corrected chi connectivity index (χ0v) is 13.8. The lowest BCUT2D eigenvalue weighted by Gasteiger charge is -2.09. The minimum atomic E-state index is -0.526. The number of carbonyl (C=O) groups excluding carboxylic acids is 1. The van der Waals surface area contributed by atoms with Crippen LogP contribution in [-0.2, 0) is 16.0 Å². The van der Waals surface area contributed by atoms with Crippen molar-refractivity contribution < 1.29 is 18.7 Å². The van der Waals surface area contributed by atoms with Crippen LogP contribution in [0.3, 0.4) is 0 Å². The average molecular weight is 316 g/mol. The smallest absolute Gasteiger partial charge is 0.340 e. The maximum Gasteiger partial charge on any atom is 0.340 e. The zero-order chi connectivity index (χ0) is 17.0. The summed E-state index contributed by atoms with van der Waals surface area (Å²) in [6.07, 6.45) is 1.87. The monoisotopic (exact) mass is 316 g/mol. The first-order valence-corrected chi connectivity index (χ1v) is 7.31. The molecule has 0 aliphatic rings. The first kappa shape index (κ1) is 16.8. The van der Waals surface area contributed by atoms with Crippen LogP contribution >= 0.6 is 0 Å². The Morgan fingerprint density at radius 2 is 2.04 bits per heavy atom. The number of allylic oxidation sites excluding steroid dienone is 1. The van der Waals surface area contributed by atoms with Crippen molar-refractivity contribution in [1.29, 1.82) is 0 Å². The van der Waals surface area contributed by atoms with Crippen LogP contribution in [0, 0.1) is 6.92 Å². The van der Waals surface area contributed by atoms with Gasteiger partial charge in [0, 0.05) is 11.5 Å². The molecule has 1 aromatic heterocycles. The van der Waals surface area contributed by atoms with Gasteiger partial charge >= 0.3 is 11.6 Å². The molecule has 0 atom stereocenters. The summed E-state index contributed by atoms with van der Waals surface area (Å²) >= 11 is 0. The van der Waals surface area contributed by atoms with Crippen molar-refractivity contribution >= 4 is 16.9 Å². The Morgan fingerprint density at radius 3 is 2.70 bits per heavy atom. The molecule has 2 aromatic rings. The maximum absolute atomic E-state index is 12.1. The topological polar surface area (TPSA) is 65.7 Å². The highest BCUT2D eigenvalue weighted by Gasteiger charge is 2.15. The molecular formula is C18H20O5. The molecule has 5 heteroatoms. The lowest BCUT2D eigenvalue weighted by atomic mass is 10.0. The Balaban J connectivity index is 2.38. The third kappa shape index (κ3) is 4.00. The number of hydrogen-bond donors (Lipinski definition) is 0. The van der Waals surface area contributed by atoms with E-state index < -0.39 is 11.6 Å². The molecule has 0 aliphatic carbocycles. The van der Waals surface area contributed by atoms with Crippen molar-refractivity contribution in [3.8, 4) is 5.75 Å². The highest BCUT2D eigenvalue weighted by molar-refractivity contribution is 5.84. The van der Waals surface area contributed by atoms with Gasteiger partial charge < -0.3 is 13.9 Å². The summed E-state index contributed by atoms with van der Waals surface area (Å²) in [6, 6.07) is 5.33. The Hall–Kier alpha value is -2.56. The predicted octanol–water partition coefficient (Wildman–Crippen LogP) is 3.16. The fraction of sp³-hybridized carbons (Fsp3) is 0.333. The molecule has 1 heterocycles. The van der Waals surface area contributed by atoms with Crippen molar-refractivity contribution in [3.05, 3.63) is 51.4 Å². The van der Waals surface area contributed by atoms with E-state index in [2.05, 4.69) is 4.74 Å². The van der Waals surface area contributed by atoms with Gasteiger partial charge in [0.1, 0.15) is 17.9 Å². The van der Waals surface area contributed by atoms with Crippen LogP contribution in [0.2, 0.25) is 0 Å². The van der Waals surface area contributed by atoms with E-state index in [4.69, 9.17) is 9.15 Å². The molecule has 0 spiro atoms. The van der Waals surface area contributed by atoms with E-state index in [0.717, 1.165) is 10.9 Å². The van der Waals surface area contributed by atoms with E-state index in [1.807, 2.05) is 32.1 Å². The van der Waals surface area contributed by atoms with Gasteiger partial charge in [-0.25, -0.2) is 4.79 Å². The molecule has 0 aliphatic heterocycles. The molecule has 0 fully saturated rings. The normalized spacial score (nSPS) is 10.4. The van der Waals surface area contributed by atoms with Crippen LogP contribution in [0.5, 0.6) is 5.75 Å². The van der Waals surface area contributed by atoms with Gasteiger partial charge in [0.25, 0.3) is 0 Å². The summed E-state index contributed by atoms with van der Waals surface area (Å²) in [4.78, 5) is 23.5. The van der Waals surface area contributed by atoms with Crippen LogP contribution in [0.25, 0.3) is 11.0 Å². The molecule has 2 rings (SSSR count). The number of esters is 1. The number of ether oxygens (including phenoxy) is 2. The number of rotatable bonds is 5. The molecule has 122 valence electrons. The standard InChI is InChI=1S/C18H20O5/c1-11(2)7-8-22-13-5-6-14-12(3)15(10-17(19)21-4)18(20)23-16(14)9-13/h5-7,9H,8,10H2,1-4H3. The maximum atomic E-state index is 12.1. The molecule has 0 N–H and O–H groups in total. The van der Waals surface area contributed by atoms with E-state index in [1.54, 1.807) is 13.0 Å². The molecular weight excluding hydrogens is 296 g/mol. The van der Waals surface area contributed by atoms with E-state index in [1.165, 1.54) is 12.7 Å². The van der Waals surface area contributed by atoms with Crippen LogP contribution in [0.15, 0.2) is 39.1 Å². The minimum absolute atomic E-state index is 0.0978. The summed E-state index contributed by atoms with van der Waals surface area (Å²) in [5.41, 5.74) is 2.12. The Labute approximate surface area is 134 Å². The van der Waals surface area contributed by atoms with Crippen LogP contribution in [0.4, 0.5) is 0 Å². The predicted molar refractivity (Wildman–Crippen MR) is 87.9 cm³/mol. The quantitative estimate of drug-likeness (QED) is 0.481. The third-order valence-corrected chi connectivity index (χ3v) is 3.55. The lowest BCUT2D eigenvalue weighted by Crippen LogP contribution is -2.16. The molecule has 0 amide bonds. The zero-order valence-electron chi connectivity index (χ0n) is 13.8. The molecule has 23 heavy (non-hydrogen) atoms. The molecule has 0 saturated heterocycles. The number of fused-ring (bicyclic) bond motifs is 1. The van der Waals surface area contributed by atoms with Gasteiger partial charge in [0.15, 0.2) is 0 Å². The summed E-state index contributed by atoms with van der Waals surface area (Å²) in [5.74, 6) is 0.152. The van der Waals surface area contributed by atoms with Crippen molar-refractivity contribution in [3.63, 3.8) is 0 Å². The Bertz CT molecular complexity index is 810. The minimum Gasteiger partial charge on any atom is -0.489 e. The first-order valence-electron chi connectivity index (χ1n) is 7.31. The highest BCUT2D eigenvalue weighted by Crippen LogP contribution is 2.24. The SMILES string of the molecule is COC(=O)Cc1c(C)c2ccc(OCC=C(C)C)cc2oc1=O. The number of carbonyl (C=O) groups is 1. The molecule has 0 unspecified atom stereocenters. The number of benzene rings is 1. The van der Waals surface area contributed by atoms with Gasteiger partial charge in [-0.2, -0.15) is 0 Å². The highest BCUT2D eigenvalue weighted by atomic mass is 16.5. The number of aryl methyl sites for hydroxylation is 1. The first-order chi connectivity index (χ1) is 10.9. The number of methoxy groups -OCH3 is 1. The van der Waals surface area contributed by atoms with Crippen LogP contribution in [0.1, 0.15) is 25.0 Å². The fourth-order valence-electron chi connectivity index (χ4n) is 2.19. The second-order valence-electron chi connectivity index (χ2n) is 5.50. The van der Waals surface area contributed by atoms with Gasteiger partial charge in [-0.3, -0.25) is 4.79 Å². The van der Waals surface area contributed by atoms with Gasteiger partial charge in [-0.1, -0.05) is 5.57 Å². The Kier molecular flexibility index (Phi) is 5.21. The van der Waals surface area contributed by atoms with Crippen molar-refractivity contribution in [1.82, 2.24) is 0 Å². The van der Waals surface area contributed by atoms with Gasteiger partial charge in [0.2, 0.25) is 0 Å². The van der Waals surface area contributed by atoms with Gasteiger partial charge in [-0.15, -0.1) is 0 Å². The van der Waals surface area contributed by atoms with E-state index >= 15 is 0 Å². The van der Waals surface area contributed by atoms with E-state index in [0.29, 0.717) is 23.5 Å². The Morgan fingerprint density at radius 1 is 1.30 bits per heavy atom. The second-order valence-corrected chi connectivity index (χ2v) is 5.50. The average Bonchev–Trinajstić information content (AvgIpc) is 2.50. The molecule has 5 nitrogen and oxygen atoms in total. The molecule has 0 radical (unpaired) electrons. The second kappa shape index (κ2) is 7.13. The van der Waals surface area contributed by atoms with Crippen LogP contribution in [-0.4, -0.2) is 19.7 Å². The van der Waals surface area contributed by atoms with Crippen molar-refractivity contribution in [2.45, 2.75) is 27.2 Å². The van der Waals surface area contributed by atoms with Crippen molar-refractivity contribution in [2.75, 3.05) is 13.7 Å². The largest absolute Gasteiger partial charge is 0.489 e. The summed E-state index contributed by atoms with van der Waals surface area (Å²) in [5, 5.41) is 0.776. The summed E-state index contributed by atoms with van der Waals surface area (Å²) in [6.45, 7) is 6.24. The number of hydrogen-bond acceptors (Lipinski definition) is 5. The molecule has 0 saturated carbocycles. The van der Waals surface area contributed by atoms with E-state index in [9.17, 15) is 9.59 Å².